The molecule has 0 aliphatic heterocycles. The van der Waals surface area contributed by atoms with Gasteiger partial charge < -0.3 is 9.84 Å². The maximum Gasteiger partial charge on any atom is 0.303 e. The third kappa shape index (κ3) is 5.31. The largest absolute Gasteiger partial charge is 0.497 e. The molecular weight excluding hydrogens is 426 g/mol. The molecule has 1 aromatic heterocycles. The molecule has 2 N–H and O–H groups in total. The van der Waals surface area contributed by atoms with Gasteiger partial charge in [0.15, 0.2) is 0 Å². The molecule has 0 bridgehead atoms. The molecule has 4 rings (SSSR count). The molecular formula is C24H25N3O4S. The van der Waals surface area contributed by atoms with E-state index < -0.39 is 5.97 Å². The van der Waals surface area contributed by atoms with Crippen LogP contribution in [0.5, 0.6) is 5.75 Å². The number of nitrogens with zero attached hydrogens (tertiary/aromatic N) is 2. The number of carboxylic acids is 1. The Morgan fingerprint density at radius 1 is 1.09 bits per heavy atom. The number of nitrogens with one attached hydrogen (secondary N) is 1. The molecule has 3 aromatic rings. The summed E-state index contributed by atoms with van der Waals surface area (Å²) in [5.74, 6) is 0.497. The molecule has 2 aromatic carbocycles. The van der Waals surface area contributed by atoms with Crippen molar-refractivity contribution in [3.05, 3.63) is 59.7 Å². The average molecular weight is 452 g/mol. The number of aromatic nitrogens is 2. The minimum Gasteiger partial charge on any atom is -0.497 e. The molecule has 166 valence electrons. The molecule has 0 radical (unpaired) electrons. The first-order valence-corrected chi connectivity index (χ1v) is 11.4. The molecule has 0 saturated heterocycles. The van der Waals surface area contributed by atoms with Gasteiger partial charge in [-0.3, -0.25) is 14.9 Å². The second kappa shape index (κ2) is 9.91. The highest BCUT2D eigenvalue weighted by Gasteiger charge is 2.24. The molecule has 1 fully saturated rings. The second-order valence-electron chi connectivity index (χ2n) is 8.04. The van der Waals surface area contributed by atoms with E-state index in [4.69, 9.17) is 9.84 Å². The number of ether oxygens (including phenoxy) is 1. The molecule has 0 spiro atoms. The predicted octanol–water partition coefficient (Wildman–Crippen LogP) is 5.21. The molecule has 1 saturated carbocycles. The van der Waals surface area contributed by atoms with E-state index in [1.807, 2.05) is 48.5 Å². The van der Waals surface area contributed by atoms with Crippen LogP contribution < -0.4 is 10.1 Å². The number of rotatable bonds is 7. The van der Waals surface area contributed by atoms with E-state index >= 15 is 0 Å². The first kappa shape index (κ1) is 22.0. The smallest absolute Gasteiger partial charge is 0.303 e. The molecule has 0 unspecified atom stereocenters. The summed E-state index contributed by atoms with van der Waals surface area (Å²) in [6.07, 6.45) is 4.11. The number of benzene rings is 2. The van der Waals surface area contributed by atoms with Crippen molar-refractivity contribution in [1.29, 1.82) is 0 Å². The molecule has 0 atom stereocenters. The van der Waals surface area contributed by atoms with Crippen molar-refractivity contribution in [3.8, 4) is 16.3 Å². The summed E-state index contributed by atoms with van der Waals surface area (Å²) in [4.78, 5) is 23.5. The van der Waals surface area contributed by atoms with Gasteiger partial charge in [-0.2, -0.15) is 0 Å². The van der Waals surface area contributed by atoms with Gasteiger partial charge in [-0.1, -0.05) is 35.6 Å². The summed E-state index contributed by atoms with van der Waals surface area (Å²) in [5, 5.41) is 21.2. The first-order chi connectivity index (χ1) is 15.5. The highest BCUT2D eigenvalue weighted by atomic mass is 32.1. The summed E-state index contributed by atoms with van der Waals surface area (Å²) in [6.45, 7) is 0. The Hall–Kier alpha value is -3.26. The first-order valence-electron chi connectivity index (χ1n) is 10.6. The summed E-state index contributed by atoms with van der Waals surface area (Å²) in [6, 6.07) is 15.2. The fourth-order valence-electron chi connectivity index (χ4n) is 4.17. The van der Waals surface area contributed by atoms with Gasteiger partial charge in [0, 0.05) is 17.5 Å². The van der Waals surface area contributed by atoms with E-state index in [-0.39, 0.29) is 18.2 Å². The van der Waals surface area contributed by atoms with Gasteiger partial charge in [-0.05, 0) is 67.3 Å². The Morgan fingerprint density at radius 2 is 1.84 bits per heavy atom. The maximum atomic E-state index is 12.6. The lowest BCUT2D eigenvalue weighted by Gasteiger charge is -2.28. The van der Waals surface area contributed by atoms with Gasteiger partial charge in [0.1, 0.15) is 10.8 Å². The fraction of sp³-hybridized carbons (Fsp3) is 0.333. The Balaban J connectivity index is 1.35. The van der Waals surface area contributed by atoms with Crippen molar-refractivity contribution in [1.82, 2.24) is 10.2 Å². The summed E-state index contributed by atoms with van der Waals surface area (Å²) < 4.78 is 5.24. The third-order valence-electron chi connectivity index (χ3n) is 5.92. The van der Waals surface area contributed by atoms with Crippen molar-refractivity contribution >= 4 is 28.3 Å². The van der Waals surface area contributed by atoms with Gasteiger partial charge in [0.25, 0.3) is 5.91 Å². The van der Waals surface area contributed by atoms with E-state index in [0.717, 1.165) is 37.0 Å². The molecule has 8 heteroatoms. The zero-order chi connectivity index (χ0) is 22.5. The van der Waals surface area contributed by atoms with E-state index in [1.54, 1.807) is 7.11 Å². The molecule has 32 heavy (non-hydrogen) atoms. The van der Waals surface area contributed by atoms with Gasteiger partial charge in [-0.25, -0.2) is 0 Å². The monoisotopic (exact) mass is 451 g/mol. The molecule has 1 amide bonds. The number of carboxylic acid groups (broad SMARTS) is 1. The van der Waals surface area contributed by atoms with Crippen LogP contribution in [0.25, 0.3) is 10.6 Å². The van der Waals surface area contributed by atoms with Crippen LogP contribution in [0.1, 0.15) is 53.9 Å². The minimum absolute atomic E-state index is 0.227. The van der Waals surface area contributed by atoms with Crippen molar-refractivity contribution in [3.63, 3.8) is 0 Å². The Kier molecular flexibility index (Phi) is 6.80. The number of aliphatic carboxylic acids is 1. The van der Waals surface area contributed by atoms with Gasteiger partial charge in [0.05, 0.1) is 7.11 Å². The number of carbonyl (C=O) groups excluding carboxylic acids is 1. The van der Waals surface area contributed by atoms with Crippen molar-refractivity contribution in [2.75, 3.05) is 12.4 Å². The Morgan fingerprint density at radius 3 is 2.53 bits per heavy atom. The van der Waals surface area contributed by atoms with Gasteiger partial charge >= 0.3 is 5.97 Å². The molecule has 1 aliphatic carbocycles. The lowest BCUT2D eigenvalue weighted by molar-refractivity contribution is -0.138. The summed E-state index contributed by atoms with van der Waals surface area (Å²) >= 11 is 1.31. The van der Waals surface area contributed by atoms with Crippen molar-refractivity contribution in [2.24, 2.45) is 5.92 Å². The quantitative estimate of drug-likeness (QED) is 0.511. The number of methoxy groups -OCH3 is 1. The zero-order valence-electron chi connectivity index (χ0n) is 17.8. The number of amides is 1. The fourth-order valence-corrected chi connectivity index (χ4v) is 4.90. The van der Waals surface area contributed by atoms with Crippen molar-refractivity contribution in [2.45, 2.75) is 38.0 Å². The minimum atomic E-state index is -0.713. The topological polar surface area (TPSA) is 101 Å². The van der Waals surface area contributed by atoms with Gasteiger partial charge in [-0.15, -0.1) is 10.2 Å². The van der Waals surface area contributed by atoms with Crippen molar-refractivity contribution < 1.29 is 19.4 Å². The van der Waals surface area contributed by atoms with Crippen LogP contribution in [-0.2, 0) is 4.79 Å². The lowest BCUT2D eigenvalue weighted by Crippen LogP contribution is -2.16. The van der Waals surface area contributed by atoms with Crippen LogP contribution in [0.4, 0.5) is 5.13 Å². The number of anilines is 1. The number of hydrogen-bond donors (Lipinski definition) is 2. The standard InChI is InChI=1S/C24H25N3O4S/c1-31-20-4-2-3-19(14-20)23-26-27-24(32-23)25-22(30)18-11-9-17(10-12-18)16-7-5-15(6-8-16)13-21(28)29/h2-4,9-12,14-16H,5-8,13H2,1H3,(H,28,29)(H,25,27,30). The lowest BCUT2D eigenvalue weighted by atomic mass is 9.77. The molecule has 7 nitrogen and oxygen atoms in total. The molecule has 1 aliphatic rings. The number of hydrogen-bond acceptors (Lipinski definition) is 6. The normalized spacial score (nSPS) is 18.2. The third-order valence-corrected chi connectivity index (χ3v) is 6.80. The van der Waals surface area contributed by atoms with Gasteiger partial charge in [0.2, 0.25) is 5.13 Å². The zero-order valence-corrected chi connectivity index (χ0v) is 18.6. The number of carbonyl (C=O) groups is 2. The van der Waals surface area contributed by atoms with Crippen LogP contribution in [0.15, 0.2) is 48.5 Å². The van der Waals surface area contributed by atoms with Crippen LogP contribution in [-0.4, -0.2) is 34.3 Å². The van der Waals surface area contributed by atoms with E-state index in [0.29, 0.717) is 21.6 Å². The SMILES string of the molecule is COc1cccc(-c2nnc(NC(=O)c3ccc(C4CCC(CC(=O)O)CC4)cc3)s2)c1. The van der Waals surface area contributed by atoms with E-state index in [9.17, 15) is 9.59 Å². The summed E-state index contributed by atoms with van der Waals surface area (Å²) in [7, 11) is 1.61. The van der Waals surface area contributed by atoms with E-state index in [1.165, 1.54) is 16.9 Å². The maximum absolute atomic E-state index is 12.6. The second-order valence-corrected chi connectivity index (χ2v) is 9.01. The predicted molar refractivity (Wildman–Crippen MR) is 123 cm³/mol. The molecule has 1 heterocycles. The van der Waals surface area contributed by atoms with E-state index in [2.05, 4.69) is 15.5 Å². The Bertz CT molecular complexity index is 1090. The average Bonchev–Trinajstić information content (AvgIpc) is 3.28. The van der Waals surface area contributed by atoms with Crippen LogP contribution in [0, 0.1) is 5.92 Å². The highest BCUT2D eigenvalue weighted by molar-refractivity contribution is 7.18. The summed E-state index contributed by atoms with van der Waals surface area (Å²) in [5.41, 5.74) is 2.64. The van der Waals surface area contributed by atoms with Crippen LogP contribution >= 0.6 is 11.3 Å². The Labute approximate surface area is 190 Å². The highest BCUT2D eigenvalue weighted by Crippen LogP contribution is 2.37. The van der Waals surface area contributed by atoms with Crippen LogP contribution in [0.3, 0.4) is 0 Å². The van der Waals surface area contributed by atoms with Crippen LogP contribution in [0.2, 0.25) is 0 Å².